The van der Waals surface area contributed by atoms with Crippen molar-refractivity contribution in [1.29, 1.82) is 0 Å². The third-order valence-electron chi connectivity index (χ3n) is 2.96. The van der Waals surface area contributed by atoms with Crippen molar-refractivity contribution in [1.82, 2.24) is 9.88 Å². The highest BCUT2D eigenvalue weighted by Crippen LogP contribution is 2.37. The number of amides is 1. The van der Waals surface area contributed by atoms with Crippen LogP contribution in [0.5, 0.6) is 5.75 Å². The van der Waals surface area contributed by atoms with Crippen LogP contribution in [0.1, 0.15) is 13.8 Å². The zero-order chi connectivity index (χ0) is 14.7. The van der Waals surface area contributed by atoms with E-state index >= 15 is 0 Å². The van der Waals surface area contributed by atoms with Gasteiger partial charge in [0.1, 0.15) is 5.52 Å². The Balaban J connectivity index is 2.47. The fourth-order valence-corrected chi connectivity index (χ4v) is 2.77. The lowest BCUT2D eigenvalue weighted by molar-refractivity contribution is 0.157. The number of halogens is 2. The van der Waals surface area contributed by atoms with E-state index < -0.39 is 6.09 Å². The number of hydrogen-bond acceptors (Lipinski definition) is 3. The standard InChI is InChI=1S/C14H14BrClN2O2/c1-3-18(4-2)14(19)20-13-10(15)8-11(16)9-6-5-7-17-12(9)13/h5-8H,3-4H2,1-2H3. The van der Waals surface area contributed by atoms with Crippen LogP contribution in [0.3, 0.4) is 0 Å². The lowest BCUT2D eigenvalue weighted by Gasteiger charge is -2.19. The van der Waals surface area contributed by atoms with Gasteiger partial charge in [-0.2, -0.15) is 0 Å². The molecule has 0 unspecified atom stereocenters. The van der Waals surface area contributed by atoms with Gasteiger partial charge in [0.15, 0.2) is 5.75 Å². The number of carbonyl (C=O) groups excluding carboxylic acids is 1. The van der Waals surface area contributed by atoms with E-state index in [1.54, 1.807) is 23.2 Å². The van der Waals surface area contributed by atoms with E-state index in [9.17, 15) is 4.79 Å². The van der Waals surface area contributed by atoms with Gasteiger partial charge in [0.25, 0.3) is 0 Å². The van der Waals surface area contributed by atoms with Crippen molar-refractivity contribution in [2.75, 3.05) is 13.1 Å². The Bertz CT molecular complexity index is 644. The summed E-state index contributed by atoms with van der Waals surface area (Å²) in [4.78, 5) is 17.9. The van der Waals surface area contributed by atoms with Crippen LogP contribution in [0.4, 0.5) is 4.79 Å². The fraction of sp³-hybridized carbons (Fsp3) is 0.286. The van der Waals surface area contributed by atoms with Crippen LogP contribution in [0, 0.1) is 0 Å². The molecule has 1 amide bonds. The van der Waals surface area contributed by atoms with Crippen LogP contribution >= 0.6 is 27.5 Å². The number of nitrogens with zero attached hydrogens (tertiary/aromatic N) is 2. The summed E-state index contributed by atoms with van der Waals surface area (Å²) in [5.41, 5.74) is 0.562. The van der Waals surface area contributed by atoms with Gasteiger partial charge in [0, 0.05) is 24.7 Å². The molecule has 20 heavy (non-hydrogen) atoms. The Hall–Kier alpha value is -1.33. The number of hydrogen-bond donors (Lipinski definition) is 0. The van der Waals surface area contributed by atoms with Gasteiger partial charge in [0.2, 0.25) is 0 Å². The summed E-state index contributed by atoms with van der Waals surface area (Å²) in [6.07, 6.45) is 1.24. The minimum absolute atomic E-state index is 0.391. The predicted octanol–water partition coefficient (Wildman–Crippen LogP) is 4.49. The Labute approximate surface area is 130 Å². The first kappa shape index (κ1) is 15.1. The molecular formula is C14H14BrClN2O2. The predicted molar refractivity (Wildman–Crippen MR) is 83.4 cm³/mol. The Kier molecular flexibility index (Phi) is 4.83. The minimum atomic E-state index is -0.398. The maximum absolute atomic E-state index is 12.1. The molecule has 0 saturated heterocycles. The number of ether oxygens (including phenoxy) is 1. The average molecular weight is 358 g/mol. The number of aromatic nitrogens is 1. The summed E-state index contributed by atoms with van der Waals surface area (Å²) < 4.78 is 6.08. The van der Waals surface area contributed by atoms with E-state index in [1.807, 2.05) is 19.9 Å². The van der Waals surface area contributed by atoms with Crippen molar-refractivity contribution in [3.05, 3.63) is 33.9 Å². The van der Waals surface area contributed by atoms with Gasteiger partial charge in [-0.15, -0.1) is 0 Å². The molecule has 0 spiro atoms. The Morgan fingerprint density at radius 3 is 2.80 bits per heavy atom. The minimum Gasteiger partial charge on any atom is -0.407 e. The number of carbonyl (C=O) groups is 1. The lowest BCUT2D eigenvalue weighted by atomic mass is 10.2. The third-order valence-corrected chi connectivity index (χ3v) is 3.86. The molecule has 6 heteroatoms. The maximum Gasteiger partial charge on any atom is 0.415 e. The zero-order valence-corrected chi connectivity index (χ0v) is 13.5. The maximum atomic E-state index is 12.1. The summed E-state index contributed by atoms with van der Waals surface area (Å²) in [5.74, 6) is 0.391. The molecule has 0 aliphatic carbocycles. The smallest absolute Gasteiger partial charge is 0.407 e. The SMILES string of the molecule is CCN(CC)C(=O)Oc1c(Br)cc(Cl)c2cccnc12. The van der Waals surface area contributed by atoms with E-state index in [1.165, 1.54) is 0 Å². The molecule has 1 heterocycles. The van der Waals surface area contributed by atoms with Crippen molar-refractivity contribution in [2.24, 2.45) is 0 Å². The van der Waals surface area contributed by atoms with Crippen LogP contribution in [0.15, 0.2) is 28.9 Å². The Morgan fingerprint density at radius 2 is 2.15 bits per heavy atom. The molecule has 1 aromatic carbocycles. The molecule has 0 radical (unpaired) electrons. The molecule has 2 aromatic rings. The molecule has 0 atom stereocenters. The molecule has 0 aliphatic rings. The van der Waals surface area contributed by atoms with E-state index in [4.69, 9.17) is 16.3 Å². The number of pyridine rings is 1. The van der Waals surface area contributed by atoms with Crippen molar-refractivity contribution < 1.29 is 9.53 Å². The molecule has 4 nitrogen and oxygen atoms in total. The van der Waals surface area contributed by atoms with Crippen molar-refractivity contribution in [3.63, 3.8) is 0 Å². The molecule has 0 fully saturated rings. The highest BCUT2D eigenvalue weighted by atomic mass is 79.9. The highest BCUT2D eigenvalue weighted by molar-refractivity contribution is 9.10. The van der Waals surface area contributed by atoms with E-state index in [2.05, 4.69) is 20.9 Å². The molecule has 2 rings (SSSR count). The highest BCUT2D eigenvalue weighted by Gasteiger charge is 2.18. The first-order chi connectivity index (χ1) is 9.58. The van der Waals surface area contributed by atoms with Crippen LogP contribution in [0.25, 0.3) is 10.9 Å². The molecular weight excluding hydrogens is 344 g/mol. The van der Waals surface area contributed by atoms with E-state index in [-0.39, 0.29) is 0 Å². The number of rotatable bonds is 3. The van der Waals surface area contributed by atoms with Crippen LogP contribution in [-0.2, 0) is 0 Å². The second-order valence-corrected chi connectivity index (χ2v) is 5.37. The lowest BCUT2D eigenvalue weighted by Crippen LogP contribution is -2.33. The van der Waals surface area contributed by atoms with Gasteiger partial charge >= 0.3 is 6.09 Å². The molecule has 1 aromatic heterocycles. The fourth-order valence-electron chi connectivity index (χ4n) is 1.88. The third kappa shape index (κ3) is 2.88. The van der Waals surface area contributed by atoms with Crippen molar-refractivity contribution >= 4 is 44.5 Å². The first-order valence-corrected chi connectivity index (χ1v) is 7.45. The van der Waals surface area contributed by atoms with Gasteiger partial charge < -0.3 is 9.64 Å². The van der Waals surface area contributed by atoms with Crippen LogP contribution < -0.4 is 4.74 Å². The van der Waals surface area contributed by atoms with Crippen molar-refractivity contribution in [2.45, 2.75) is 13.8 Å². The number of benzene rings is 1. The van der Waals surface area contributed by atoms with Gasteiger partial charge in [-0.25, -0.2) is 4.79 Å². The molecule has 0 bridgehead atoms. The Morgan fingerprint density at radius 1 is 1.45 bits per heavy atom. The van der Waals surface area contributed by atoms with Gasteiger partial charge in [-0.1, -0.05) is 11.6 Å². The number of fused-ring (bicyclic) bond motifs is 1. The molecule has 0 N–H and O–H groups in total. The summed E-state index contributed by atoms with van der Waals surface area (Å²) in [6.45, 7) is 4.98. The summed E-state index contributed by atoms with van der Waals surface area (Å²) in [6, 6.07) is 5.33. The zero-order valence-electron chi connectivity index (χ0n) is 11.2. The largest absolute Gasteiger partial charge is 0.415 e. The summed E-state index contributed by atoms with van der Waals surface area (Å²) >= 11 is 9.54. The van der Waals surface area contributed by atoms with E-state index in [0.717, 1.165) is 5.39 Å². The summed E-state index contributed by atoms with van der Waals surface area (Å²) in [5, 5.41) is 1.31. The topological polar surface area (TPSA) is 42.4 Å². The average Bonchev–Trinajstić information content (AvgIpc) is 2.45. The quantitative estimate of drug-likeness (QED) is 0.812. The van der Waals surface area contributed by atoms with E-state index in [0.29, 0.717) is 33.9 Å². The van der Waals surface area contributed by atoms with Crippen molar-refractivity contribution in [3.8, 4) is 5.75 Å². The second kappa shape index (κ2) is 6.41. The first-order valence-electron chi connectivity index (χ1n) is 6.28. The molecule has 106 valence electrons. The van der Waals surface area contributed by atoms with Gasteiger partial charge in [-0.05, 0) is 48.0 Å². The van der Waals surface area contributed by atoms with Gasteiger partial charge in [-0.3, -0.25) is 4.98 Å². The van der Waals surface area contributed by atoms with Crippen LogP contribution in [-0.4, -0.2) is 29.1 Å². The van der Waals surface area contributed by atoms with Crippen LogP contribution in [0.2, 0.25) is 5.02 Å². The second-order valence-electron chi connectivity index (χ2n) is 4.11. The molecule has 0 saturated carbocycles. The monoisotopic (exact) mass is 356 g/mol. The summed E-state index contributed by atoms with van der Waals surface area (Å²) in [7, 11) is 0. The van der Waals surface area contributed by atoms with Gasteiger partial charge in [0.05, 0.1) is 9.50 Å². The molecule has 0 aliphatic heterocycles. The normalized spacial score (nSPS) is 10.6.